The molecular formula is C7H13F3O2. The van der Waals surface area contributed by atoms with E-state index in [1.54, 1.807) is 6.92 Å². The lowest BCUT2D eigenvalue weighted by Crippen LogP contribution is -2.34. The van der Waals surface area contributed by atoms with Crippen LogP contribution in [-0.4, -0.2) is 25.7 Å². The van der Waals surface area contributed by atoms with Gasteiger partial charge in [0.15, 0.2) is 5.79 Å². The van der Waals surface area contributed by atoms with Gasteiger partial charge >= 0.3 is 6.18 Å². The van der Waals surface area contributed by atoms with E-state index in [0.29, 0.717) is 6.42 Å². The molecule has 2 nitrogen and oxygen atoms in total. The van der Waals surface area contributed by atoms with Gasteiger partial charge in [-0.1, -0.05) is 6.92 Å². The van der Waals surface area contributed by atoms with Gasteiger partial charge in [0.1, 0.15) is 6.61 Å². The Balaban J connectivity index is 3.89. The Kier molecular flexibility index (Phi) is 3.99. The Morgan fingerprint density at radius 1 is 1.25 bits per heavy atom. The van der Waals surface area contributed by atoms with Gasteiger partial charge in [0.05, 0.1) is 0 Å². The van der Waals surface area contributed by atoms with Crippen molar-refractivity contribution in [1.82, 2.24) is 0 Å². The normalized spacial score (nSPS) is 17.5. The second kappa shape index (κ2) is 4.09. The van der Waals surface area contributed by atoms with E-state index >= 15 is 0 Å². The SMILES string of the molecule is CCC(C)(OC)OCC(F)(F)F. The number of alkyl halides is 3. The summed E-state index contributed by atoms with van der Waals surface area (Å²) in [6.45, 7) is 1.89. The maximum atomic E-state index is 11.7. The molecule has 0 saturated carbocycles. The summed E-state index contributed by atoms with van der Waals surface area (Å²) >= 11 is 0. The maximum Gasteiger partial charge on any atom is 0.411 e. The fourth-order valence-electron chi connectivity index (χ4n) is 0.540. The molecule has 0 aliphatic heterocycles. The lowest BCUT2D eigenvalue weighted by Gasteiger charge is -2.27. The molecule has 0 spiro atoms. The van der Waals surface area contributed by atoms with E-state index in [1.165, 1.54) is 14.0 Å². The summed E-state index contributed by atoms with van der Waals surface area (Å²) in [5.41, 5.74) is 0. The van der Waals surface area contributed by atoms with Crippen LogP contribution in [0.1, 0.15) is 20.3 Å². The van der Waals surface area contributed by atoms with Crippen LogP contribution in [0, 0.1) is 0 Å². The standard InChI is InChI=1S/C7H13F3O2/c1-4-6(2,11-3)12-5-7(8,9)10/h4-5H2,1-3H3. The highest BCUT2D eigenvalue weighted by Gasteiger charge is 2.33. The summed E-state index contributed by atoms with van der Waals surface area (Å²) in [6.07, 6.45) is -3.92. The fourth-order valence-corrected chi connectivity index (χ4v) is 0.540. The van der Waals surface area contributed by atoms with Crippen molar-refractivity contribution in [2.24, 2.45) is 0 Å². The van der Waals surface area contributed by atoms with E-state index in [0.717, 1.165) is 0 Å². The summed E-state index contributed by atoms with van der Waals surface area (Å²) in [5, 5.41) is 0. The Bertz CT molecular complexity index is 129. The van der Waals surface area contributed by atoms with Crippen molar-refractivity contribution in [2.45, 2.75) is 32.2 Å². The predicted octanol–water partition coefficient (Wildman–Crippen LogP) is 2.34. The lowest BCUT2D eigenvalue weighted by atomic mass is 10.2. The van der Waals surface area contributed by atoms with Gasteiger partial charge in [-0.3, -0.25) is 0 Å². The van der Waals surface area contributed by atoms with E-state index in [4.69, 9.17) is 4.74 Å². The number of rotatable bonds is 4. The van der Waals surface area contributed by atoms with E-state index in [1.807, 2.05) is 0 Å². The van der Waals surface area contributed by atoms with Gasteiger partial charge < -0.3 is 9.47 Å². The van der Waals surface area contributed by atoms with Gasteiger partial charge in [-0.2, -0.15) is 13.2 Å². The molecule has 1 atom stereocenters. The fraction of sp³-hybridized carbons (Fsp3) is 1.00. The summed E-state index contributed by atoms with van der Waals surface area (Å²) in [4.78, 5) is 0. The third-order valence-corrected chi connectivity index (χ3v) is 1.62. The average Bonchev–Trinajstić information content (AvgIpc) is 1.99. The molecule has 0 saturated heterocycles. The van der Waals surface area contributed by atoms with Crippen LogP contribution in [0.25, 0.3) is 0 Å². The monoisotopic (exact) mass is 186 g/mol. The van der Waals surface area contributed by atoms with Gasteiger partial charge in [0.25, 0.3) is 0 Å². The highest BCUT2D eigenvalue weighted by molar-refractivity contribution is 4.60. The van der Waals surface area contributed by atoms with E-state index < -0.39 is 18.6 Å². The second-order valence-electron chi connectivity index (χ2n) is 2.60. The average molecular weight is 186 g/mol. The molecule has 0 aliphatic carbocycles. The van der Waals surface area contributed by atoms with Crippen LogP contribution in [0.4, 0.5) is 13.2 Å². The molecule has 1 unspecified atom stereocenters. The van der Waals surface area contributed by atoms with Gasteiger partial charge in [-0.05, 0) is 13.3 Å². The largest absolute Gasteiger partial charge is 0.411 e. The van der Waals surface area contributed by atoms with Crippen LogP contribution < -0.4 is 0 Å². The molecule has 0 heterocycles. The van der Waals surface area contributed by atoms with Crippen molar-refractivity contribution >= 4 is 0 Å². The molecule has 12 heavy (non-hydrogen) atoms. The maximum absolute atomic E-state index is 11.7. The molecule has 74 valence electrons. The molecular weight excluding hydrogens is 173 g/mol. The van der Waals surface area contributed by atoms with E-state index in [-0.39, 0.29) is 0 Å². The number of ether oxygens (including phenoxy) is 2. The smallest absolute Gasteiger partial charge is 0.353 e. The van der Waals surface area contributed by atoms with Gasteiger partial charge in [-0.25, -0.2) is 0 Å². The minimum absolute atomic E-state index is 0.375. The van der Waals surface area contributed by atoms with Gasteiger partial charge in [0.2, 0.25) is 0 Å². The van der Waals surface area contributed by atoms with Crippen molar-refractivity contribution in [3.63, 3.8) is 0 Å². The first-order chi connectivity index (χ1) is 5.33. The highest BCUT2D eigenvalue weighted by atomic mass is 19.4. The molecule has 0 fully saturated rings. The summed E-state index contributed by atoms with van der Waals surface area (Å²) in [7, 11) is 1.32. The predicted molar refractivity (Wildman–Crippen MR) is 37.7 cm³/mol. The molecule has 0 aromatic carbocycles. The van der Waals surface area contributed by atoms with Crippen molar-refractivity contribution in [1.29, 1.82) is 0 Å². The van der Waals surface area contributed by atoms with Crippen LogP contribution in [0.3, 0.4) is 0 Å². The minimum Gasteiger partial charge on any atom is -0.353 e. The number of hydrogen-bond donors (Lipinski definition) is 0. The van der Waals surface area contributed by atoms with Crippen molar-refractivity contribution in [2.75, 3.05) is 13.7 Å². The van der Waals surface area contributed by atoms with Crippen LogP contribution >= 0.6 is 0 Å². The molecule has 0 bridgehead atoms. The van der Waals surface area contributed by atoms with E-state index in [9.17, 15) is 13.2 Å². The molecule has 0 rings (SSSR count). The van der Waals surface area contributed by atoms with Crippen LogP contribution in [0.15, 0.2) is 0 Å². The van der Waals surface area contributed by atoms with E-state index in [2.05, 4.69) is 4.74 Å². The summed E-state index contributed by atoms with van der Waals surface area (Å²) < 4.78 is 44.3. The zero-order valence-electron chi connectivity index (χ0n) is 7.36. The van der Waals surface area contributed by atoms with Crippen molar-refractivity contribution in [3.05, 3.63) is 0 Å². The zero-order valence-corrected chi connectivity index (χ0v) is 7.36. The molecule has 0 aromatic rings. The number of methoxy groups -OCH3 is 1. The quantitative estimate of drug-likeness (QED) is 0.627. The third kappa shape index (κ3) is 4.56. The zero-order chi connectivity index (χ0) is 9.83. The molecule has 0 amide bonds. The topological polar surface area (TPSA) is 18.5 Å². The molecule has 0 aliphatic rings. The second-order valence-corrected chi connectivity index (χ2v) is 2.60. The molecule has 0 N–H and O–H groups in total. The Morgan fingerprint density at radius 2 is 1.75 bits per heavy atom. The Labute approximate surface area is 69.7 Å². The Morgan fingerprint density at radius 3 is 2.00 bits per heavy atom. The van der Waals surface area contributed by atoms with Crippen LogP contribution in [0.5, 0.6) is 0 Å². The number of halogens is 3. The highest BCUT2D eigenvalue weighted by Crippen LogP contribution is 2.21. The van der Waals surface area contributed by atoms with Gasteiger partial charge in [-0.15, -0.1) is 0 Å². The third-order valence-electron chi connectivity index (χ3n) is 1.62. The minimum atomic E-state index is -4.30. The lowest BCUT2D eigenvalue weighted by molar-refractivity contribution is -0.268. The first kappa shape index (κ1) is 11.7. The summed E-state index contributed by atoms with van der Waals surface area (Å²) in [5.74, 6) is -1.13. The van der Waals surface area contributed by atoms with Crippen LogP contribution in [0.2, 0.25) is 0 Å². The molecule has 0 aromatic heterocycles. The summed E-state index contributed by atoms with van der Waals surface area (Å²) in [6, 6.07) is 0. The van der Waals surface area contributed by atoms with Crippen LogP contribution in [-0.2, 0) is 9.47 Å². The first-order valence-electron chi connectivity index (χ1n) is 3.59. The Hall–Kier alpha value is -0.290. The van der Waals surface area contributed by atoms with Crippen molar-refractivity contribution < 1.29 is 22.6 Å². The number of hydrogen-bond acceptors (Lipinski definition) is 2. The van der Waals surface area contributed by atoms with Crippen molar-refractivity contribution in [3.8, 4) is 0 Å². The van der Waals surface area contributed by atoms with Gasteiger partial charge in [0, 0.05) is 7.11 Å². The molecule has 0 radical (unpaired) electrons. The first-order valence-corrected chi connectivity index (χ1v) is 3.59. The molecule has 5 heteroatoms.